The van der Waals surface area contributed by atoms with Gasteiger partial charge in [-0.15, -0.1) is 11.3 Å². The van der Waals surface area contributed by atoms with Crippen LogP contribution in [0.2, 0.25) is 0 Å². The van der Waals surface area contributed by atoms with Gasteiger partial charge in [-0.2, -0.15) is 0 Å². The van der Waals surface area contributed by atoms with Crippen LogP contribution >= 0.6 is 11.3 Å². The Hall–Kier alpha value is -1.43. The van der Waals surface area contributed by atoms with Crippen molar-refractivity contribution in [2.45, 2.75) is 31.5 Å². The van der Waals surface area contributed by atoms with E-state index in [1.54, 1.807) is 0 Å². The Morgan fingerprint density at radius 1 is 1.17 bits per heavy atom. The van der Waals surface area contributed by atoms with Crippen LogP contribution in [0.25, 0.3) is 0 Å². The Labute approximate surface area is 141 Å². The van der Waals surface area contributed by atoms with Crippen LogP contribution in [0.4, 0.5) is 5.69 Å². The number of rotatable bonds is 3. The highest BCUT2D eigenvalue weighted by atomic mass is 32.1. The molecule has 23 heavy (non-hydrogen) atoms. The predicted octanol–water partition coefficient (Wildman–Crippen LogP) is 3.01. The zero-order valence-electron chi connectivity index (χ0n) is 13.3. The Morgan fingerprint density at radius 2 is 2.13 bits per heavy atom. The van der Waals surface area contributed by atoms with Gasteiger partial charge >= 0.3 is 0 Å². The van der Waals surface area contributed by atoms with Crippen LogP contribution in [0, 0.1) is 0 Å². The van der Waals surface area contributed by atoms with E-state index < -0.39 is 0 Å². The van der Waals surface area contributed by atoms with Crippen LogP contribution in [0.1, 0.15) is 17.7 Å². The fourth-order valence-corrected chi connectivity index (χ4v) is 4.51. The molecule has 2 aromatic heterocycles. The Morgan fingerprint density at radius 3 is 2.96 bits per heavy atom. The molecule has 0 amide bonds. The molecule has 0 radical (unpaired) electrons. The van der Waals surface area contributed by atoms with Crippen molar-refractivity contribution in [3.05, 3.63) is 46.9 Å². The molecule has 5 heteroatoms. The van der Waals surface area contributed by atoms with Gasteiger partial charge in [0, 0.05) is 37.3 Å². The van der Waals surface area contributed by atoms with Crippen molar-refractivity contribution in [1.82, 2.24) is 9.88 Å². The fourth-order valence-electron chi connectivity index (χ4n) is 3.76. The molecule has 122 valence electrons. The maximum atomic E-state index is 6.11. The summed E-state index contributed by atoms with van der Waals surface area (Å²) in [7, 11) is 0. The summed E-state index contributed by atoms with van der Waals surface area (Å²) in [5.41, 5.74) is 1.23. The standard InChI is InChI=1S/C18H23N3OS/c1-3-15(13-19-7-1)21-10-11-22-18-6-9-20(8-5-17(18)21)14-16-4-2-12-23-16/h1-4,7,12-13,17-18H,5-6,8-11,14H2/t17-,18+/m0/s1. The maximum absolute atomic E-state index is 6.11. The molecule has 4 nitrogen and oxygen atoms in total. The molecular formula is C18H23N3OS. The molecule has 0 bridgehead atoms. The number of hydrogen-bond acceptors (Lipinski definition) is 5. The number of nitrogens with zero attached hydrogens (tertiary/aromatic N) is 3. The molecule has 0 aliphatic carbocycles. The Bertz CT molecular complexity index is 604. The summed E-state index contributed by atoms with van der Waals surface area (Å²) in [6, 6.07) is 9.05. The van der Waals surface area contributed by atoms with Gasteiger partial charge in [0.15, 0.2) is 0 Å². The van der Waals surface area contributed by atoms with Gasteiger partial charge < -0.3 is 9.64 Å². The highest BCUT2D eigenvalue weighted by Gasteiger charge is 2.34. The lowest BCUT2D eigenvalue weighted by Crippen LogP contribution is -2.51. The minimum atomic E-state index is 0.345. The van der Waals surface area contributed by atoms with Crippen LogP contribution in [-0.4, -0.2) is 48.3 Å². The third-order valence-corrected chi connectivity index (χ3v) is 5.76. The van der Waals surface area contributed by atoms with Gasteiger partial charge in [-0.25, -0.2) is 0 Å². The van der Waals surface area contributed by atoms with E-state index in [1.165, 1.54) is 10.6 Å². The number of morpholine rings is 1. The van der Waals surface area contributed by atoms with Gasteiger partial charge in [0.25, 0.3) is 0 Å². The monoisotopic (exact) mass is 329 g/mol. The first kappa shape index (κ1) is 15.1. The number of anilines is 1. The minimum Gasteiger partial charge on any atom is -0.374 e. The van der Waals surface area contributed by atoms with Crippen molar-refractivity contribution in [2.24, 2.45) is 0 Å². The molecule has 0 unspecified atom stereocenters. The van der Waals surface area contributed by atoms with E-state index in [4.69, 9.17) is 4.74 Å². The molecule has 2 fully saturated rings. The summed E-state index contributed by atoms with van der Waals surface area (Å²) in [4.78, 5) is 10.8. The summed E-state index contributed by atoms with van der Waals surface area (Å²) < 4.78 is 6.11. The maximum Gasteiger partial charge on any atom is 0.0791 e. The van der Waals surface area contributed by atoms with Gasteiger partial charge in [-0.05, 0) is 36.4 Å². The number of fused-ring (bicyclic) bond motifs is 1. The van der Waals surface area contributed by atoms with E-state index in [9.17, 15) is 0 Å². The van der Waals surface area contributed by atoms with Crippen molar-refractivity contribution in [2.75, 3.05) is 31.1 Å². The van der Waals surface area contributed by atoms with E-state index in [0.717, 1.165) is 45.6 Å². The SMILES string of the molecule is c1cncc(N2CCO[C@@H]3CCN(Cc4cccs4)CC[C@@H]32)c1. The lowest BCUT2D eigenvalue weighted by molar-refractivity contribution is 0.00894. The topological polar surface area (TPSA) is 28.6 Å². The van der Waals surface area contributed by atoms with E-state index in [-0.39, 0.29) is 0 Å². The first-order valence-corrected chi connectivity index (χ1v) is 9.31. The molecule has 2 aliphatic rings. The van der Waals surface area contributed by atoms with Crippen LogP contribution in [0.3, 0.4) is 0 Å². The second-order valence-electron chi connectivity index (χ2n) is 6.31. The highest BCUT2D eigenvalue weighted by molar-refractivity contribution is 7.09. The first-order chi connectivity index (χ1) is 11.4. The summed E-state index contributed by atoms with van der Waals surface area (Å²) in [6.07, 6.45) is 6.45. The van der Waals surface area contributed by atoms with Crippen molar-refractivity contribution >= 4 is 17.0 Å². The molecule has 2 atom stereocenters. The third kappa shape index (κ3) is 3.42. The summed E-state index contributed by atoms with van der Waals surface area (Å²) in [6.45, 7) is 5.13. The molecule has 0 spiro atoms. The van der Waals surface area contributed by atoms with Crippen molar-refractivity contribution in [3.63, 3.8) is 0 Å². The summed E-state index contributed by atoms with van der Waals surface area (Å²) >= 11 is 1.85. The summed E-state index contributed by atoms with van der Waals surface area (Å²) in [5.74, 6) is 0. The minimum absolute atomic E-state index is 0.345. The Balaban J connectivity index is 1.47. The lowest BCUT2D eigenvalue weighted by Gasteiger charge is -2.41. The Kier molecular flexibility index (Phi) is 4.60. The zero-order chi connectivity index (χ0) is 15.5. The van der Waals surface area contributed by atoms with Gasteiger partial charge in [-0.3, -0.25) is 9.88 Å². The smallest absolute Gasteiger partial charge is 0.0791 e. The van der Waals surface area contributed by atoms with Crippen molar-refractivity contribution in [1.29, 1.82) is 0 Å². The quantitative estimate of drug-likeness (QED) is 0.865. The molecule has 0 aromatic carbocycles. The summed E-state index contributed by atoms with van der Waals surface area (Å²) in [5, 5.41) is 2.17. The number of aromatic nitrogens is 1. The highest BCUT2D eigenvalue weighted by Crippen LogP contribution is 2.28. The van der Waals surface area contributed by atoms with Gasteiger partial charge in [0.05, 0.1) is 30.6 Å². The predicted molar refractivity (Wildman–Crippen MR) is 93.9 cm³/mol. The number of ether oxygens (including phenoxy) is 1. The number of thiophene rings is 1. The second kappa shape index (κ2) is 6.99. The van der Waals surface area contributed by atoms with E-state index in [0.29, 0.717) is 12.1 Å². The molecular weight excluding hydrogens is 306 g/mol. The first-order valence-electron chi connectivity index (χ1n) is 8.43. The van der Waals surface area contributed by atoms with Crippen molar-refractivity contribution in [3.8, 4) is 0 Å². The largest absolute Gasteiger partial charge is 0.374 e. The zero-order valence-corrected chi connectivity index (χ0v) is 14.1. The van der Waals surface area contributed by atoms with Crippen LogP contribution in [0.15, 0.2) is 42.0 Å². The van der Waals surface area contributed by atoms with Gasteiger partial charge in [-0.1, -0.05) is 6.07 Å². The van der Waals surface area contributed by atoms with Gasteiger partial charge in [0.1, 0.15) is 0 Å². The second-order valence-corrected chi connectivity index (χ2v) is 7.35. The van der Waals surface area contributed by atoms with E-state index in [2.05, 4.69) is 38.4 Å². The molecule has 2 aliphatic heterocycles. The van der Waals surface area contributed by atoms with E-state index >= 15 is 0 Å². The number of likely N-dealkylation sites (tertiary alicyclic amines) is 1. The average Bonchev–Trinajstić information content (AvgIpc) is 3.02. The molecule has 2 saturated heterocycles. The average molecular weight is 329 g/mol. The van der Waals surface area contributed by atoms with Crippen molar-refractivity contribution < 1.29 is 4.74 Å². The van der Waals surface area contributed by atoms with Crippen LogP contribution in [0.5, 0.6) is 0 Å². The molecule has 0 saturated carbocycles. The molecule has 4 heterocycles. The van der Waals surface area contributed by atoms with Gasteiger partial charge in [0.2, 0.25) is 0 Å². The van der Waals surface area contributed by atoms with Crippen LogP contribution < -0.4 is 4.90 Å². The molecule has 4 rings (SSSR count). The molecule has 2 aromatic rings. The number of hydrogen-bond donors (Lipinski definition) is 0. The third-order valence-electron chi connectivity index (χ3n) is 4.90. The normalized spacial score (nSPS) is 25.8. The van der Waals surface area contributed by atoms with E-state index in [1.807, 2.05) is 29.8 Å². The number of pyridine rings is 1. The fraction of sp³-hybridized carbons (Fsp3) is 0.500. The van der Waals surface area contributed by atoms with Crippen LogP contribution in [-0.2, 0) is 11.3 Å². The lowest BCUT2D eigenvalue weighted by atomic mass is 10.0. The molecule has 0 N–H and O–H groups in total.